The summed E-state index contributed by atoms with van der Waals surface area (Å²) in [6.45, 7) is 4.50. The number of ether oxygens (including phenoxy) is 2. The van der Waals surface area contributed by atoms with Crippen LogP contribution in [0.5, 0.6) is 0 Å². The topological polar surface area (TPSA) is 30.5 Å². The van der Waals surface area contributed by atoms with E-state index in [2.05, 4.69) is 36.5 Å². The van der Waals surface area contributed by atoms with Crippen molar-refractivity contribution in [2.75, 3.05) is 19.8 Å². The molecule has 0 bridgehead atoms. The highest BCUT2D eigenvalue weighted by Crippen LogP contribution is 2.34. The Kier molecular flexibility index (Phi) is 3.37. The van der Waals surface area contributed by atoms with Crippen LogP contribution in [0.25, 0.3) is 0 Å². The summed E-state index contributed by atoms with van der Waals surface area (Å²) < 4.78 is 11.0. The van der Waals surface area contributed by atoms with Crippen LogP contribution in [0, 0.1) is 0 Å². The Bertz CT molecular complexity index is 415. The van der Waals surface area contributed by atoms with Crippen LogP contribution < -0.4 is 5.32 Å². The molecule has 0 amide bonds. The number of fused-ring (bicyclic) bond motifs is 1. The van der Waals surface area contributed by atoms with E-state index >= 15 is 0 Å². The Hall–Kier alpha value is -0.900. The zero-order valence-corrected chi connectivity index (χ0v) is 10.9. The Labute approximate surface area is 108 Å². The van der Waals surface area contributed by atoms with Gasteiger partial charge in [-0.1, -0.05) is 24.3 Å². The van der Waals surface area contributed by atoms with Crippen molar-refractivity contribution in [2.45, 2.75) is 38.0 Å². The SMILES string of the molecule is C[C@]1(NCC2OCCO2)CCCc2ccccc21. The molecule has 2 aliphatic rings. The van der Waals surface area contributed by atoms with Crippen molar-refractivity contribution in [1.82, 2.24) is 5.32 Å². The lowest BCUT2D eigenvalue weighted by Crippen LogP contribution is -2.45. The third-order valence-electron chi connectivity index (χ3n) is 4.08. The second kappa shape index (κ2) is 5.00. The molecule has 1 aliphatic heterocycles. The van der Waals surface area contributed by atoms with Crippen molar-refractivity contribution < 1.29 is 9.47 Å². The molecule has 1 saturated heterocycles. The van der Waals surface area contributed by atoms with Gasteiger partial charge in [0.1, 0.15) is 0 Å². The lowest BCUT2D eigenvalue weighted by Gasteiger charge is -2.37. The zero-order valence-electron chi connectivity index (χ0n) is 10.9. The molecule has 1 atom stereocenters. The van der Waals surface area contributed by atoms with E-state index < -0.39 is 0 Å². The van der Waals surface area contributed by atoms with Gasteiger partial charge >= 0.3 is 0 Å². The van der Waals surface area contributed by atoms with Crippen LogP contribution in [0.3, 0.4) is 0 Å². The van der Waals surface area contributed by atoms with Gasteiger partial charge in [0.15, 0.2) is 6.29 Å². The number of benzene rings is 1. The first kappa shape index (κ1) is 12.2. The molecule has 1 N–H and O–H groups in total. The van der Waals surface area contributed by atoms with Crippen molar-refractivity contribution in [3.63, 3.8) is 0 Å². The summed E-state index contributed by atoms with van der Waals surface area (Å²) in [6, 6.07) is 8.76. The highest BCUT2D eigenvalue weighted by molar-refractivity contribution is 5.35. The fourth-order valence-corrected chi connectivity index (χ4v) is 3.06. The lowest BCUT2D eigenvalue weighted by molar-refractivity contribution is -0.0441. The molecular formula is C15H21NO2. The molecule has 1 heterocycles. The molecule has 1 aromatic carbocycles. The summed E-state index contributed by atoms with van der Waals surface area (Å²) >= 11 is 0. The maximum atomic E-state index is 5.49. The minimum absolute atomic E-state index is 0.0597. The second-order valence-corrected chi connectivity index (χ2v) is 5.39. The average Bonchev–Trinajstić information content (AvgIpc) is 2.90. The van der Waals surface area contributed by atoms with E-state index in [0.717, 1.165) is 19.8 Å². The maximum Gasteiger partial charge on any atom is 0.170 e. The van der Waals surface area contributed by atoms with Gasteiger partial charge in [0, 0.05) is 12.1 Å². The number of aryl methyl sites for hydroxylation is 1. The quantitative estimate of drug-likeness (QED) is 0.888. The first-order valence-corrected chi connectivity index (χ1v) is 6.85. The summed E-state index contributed by atoms with van der Waals surface area (Å²) in [7, 11) is 0. The van der Waals surface area contributed by atoms with Gasteiger partial charge in [-0.2, -0.15) is 0 Å². The third kappa shape index (κ3) is 2.30. The standard InChI is InChI=1S/C15H21NO2/c1-15(16-11-14-17-9-10-18-14)8-4-6-12-5-2-3-7-13(12)15/h2-3,5,7,14,16H,4,6,8-11H2,1H3/t15-/m0/s1. The van der Waals surface area contributed by atoms with Gasteiger partial charge in [-0.25, -0.2) is 0 Å². The molecule has 3 rings (SSSR count). The van der Waals surface area contributed by atoms with E-state index in [-0.39, 0.29) is 11.8 Å². The zero-order chi connectivity index (χ0) is 12.4. The molecule has 1 fully saturated rings. The van der Waals surface area contributed by atoms with Crippen LogP contribution >= 0.6 is 0 Å². The lowest BCUT2D eigenvalue weighted by atomic mass is 9.78. The first-order chi connectivity index (χ1) is 8.78. The fourth-order valence-electron chi connectivity index (χ4n) is 3.06. The summed E-state index contributed by atoms with van der Waals surface area (Å²) in [4.78, 5) is 0. The fraction of sp³-hybridized carbons (Fsp3) is 0.600. The Balaban J connectivity index is 1.73. The normalized spacial score (nSPS) is 28.3. The van der Waals surface area contributed by atoms with Crippen molar-refractivity contribution in [2.24, 2.45) is 0 Å². The minimum atomic E-state index is -0.0732. The molecule has 1 aliphatic carbocycles. The third-order valence-corrected chi connectivity index (χ3v) is 4.08. The summed E-state index contributed by atoms with van der Waals surface area (Å²) in [5.41, 5.74) is 2.98. The van der Waals surface area contributed by atoms with Gasteiger partial charge in [0.05, 0.1) is 13.2 Å². The minimum Gasteiger partial charge on any atom is -0.349 e. The molecule has 0 radical (unpaired) electrons. The molecule has 3 nitrogen and oxygen atoms in total. The predicted octanol–water partition coefficient (Wildman–Crippen LogP) is 2.20. The van der Waals surface area contributed by atoms with E-state index in [4.69, 9.17) is 9.47 Å². The number of rotatable bonds is 3. The molecule has 0 aromatic heterocycles. The Morgan fingerprint density at radius 2 is 2.06 bits per heavy atom. The van der Waals surface area contributed by atoms with Crippen LogP contribution in [0.4, 0.5) is 0 Å². The molecule has 0 unspecified atom stereocenters. The van der Waals surface area contributed by atoms with Gasteiger partial charge in [-0.3, -0.25) is 0 Å². The second-order valence-electron chi connectivity index (χ2n) is 5.39. The van der Waals surface area contributed by atoms with Crippen LogP contribution in [-0.2, 0) is 21.4 Å². The van der Waals surface area contributed by atoms with Crippen molar-refractivity contribution in [3.8, 4) is 0 Å². The molecule has 0 spiro atoms. The molecular weight excluding hydrogens is 226 g/mol. The van der Waals surface area contributed by atoms with Gasteiger partial charge in [-0.05, 0) is 37.3 Å². The molecule has 0 saturated carbocycles. The van der Waals surface area contributed by atoms with Crippen molar-refractivity contribution >= 4 is 0 Å². The number of nitrogens with one attached hydrogen (secondary N) is 1. The smallest absolute Gasteiger partial charge is 0.170 e. The first-order valence-electron chi connectivity index (χ1n) is 6.85. The highest BCUT2D eigenvalue weighted by Gasteiger charge is 2.32. The van der Waals surface area contributed by atoms with E-state index in [1.165, 1.54) is 30.4 Å². The summed E-state index contributed by atoms with van der Waals surface area (Å²) in [6.07, 6.45) is 3.55. The van der Waals surface area contributed by atoms with Gasteiger partial charge in [0.25, 0.3) is 0 Å². The van der Waals surface area contributed by atoms with E-state index in [0.29, 0.717) is 0 Å². The summed E-state index contributed by atoms with van der Waals surface area (Å²) in [5, 5.41) is 3.65. The number of hydrogen-bond acceptors (Lipinski definition) is 3. The van der Waals surface area contributed by atoms with Gasteiger partial charge in [-0.15, -0.1) is 0 Å². The van der Waals surface area contributed by atoms with Gasteiger partial charge < -0.3 is 14.8 Å². The maximum absolute atomic E-state index is 5.49. The summed E-state index contributed by atoms with van der Waals surface area (Å²) in [5.74, 6) is 0. The molecule has 18 heavy (non-hydrogen) atoms. The largest absolute Gasteiger partial charge is 0.349 e. The Morgan fingerprint density at radius 1 is 1.28 bits per heavy atom. The van der Waals surface area contributed by atoms with Crippen LogP contribution in [0.1, 0.15) is 30.9 Å². The van der Waals surface area contributed by atoms with Crippen LogP contribution in [-0.4, -0.2) is 26.0 Å². The van der Waals surface area contributed by atoms with Crippen LogP contribution in [0.2, 0.25) is 0 Å². The van der Waals surface area contributed by atoms with Crippen LogP contribution in [0.15, 0.2) is 24.3 Å². The molecule has 3 heteroatoms. The average molecular weight is 247 g/mol. The predicted molar refractivity (Wildman–Crippen MR) is 70.4 cm³/mol. The van der Waals surface area contributed by atoms with Crippen molar-refractivity contribution in [3.05, 3.63) is 35.4 Å². The number of hydrogen-bond donors (Lipinski definition) is 1. The van der Waals surface area contributed by atoms with Crippen molar-refractivity contribution in [1.29, 1.82) is 0 Å². The Morgan fingerprint density at radius 3 is 2.89 bits per heavy atom. The van der Waals surface area contributed by atoms with E-state index in [9.17, 15) is 0 Å². The molecule has 98 valence electrons. The highest BCUT2D eigenvalue weighted by atomic mass is 16.7. The molecule has 1 aromatic rings. The van der Waals surface area contributed by atoms with E-state index in [1.54, 1.807) is 0 Å². The van der Waals surface area contributed by atoms with E-state index in [1.807, 2.05) is 0 Å². The van der Waals surface area contributed by atoms with Gasteiger partial charge in [0.2, 0.25) is 0 Å². The monoisotopic (exact) mass is 247 g/mol.